The van der Waals surface area contributed by atoms with Gasteiger partial charge in [-0.2, -0.15) is 0 Å². The van der Waals surface area contributed by atoms with E-state index in [0.29, 0.717) is 6.10 Å². The number of nitrogens with zero attached hydrogens (tertiary/aromatic N) is 2. The molecule has 0 aromatic carbocycles. The molecule has 0 spiro atoms. The average Bonchev–Trinajstić information content (AvgIpc) is 2.40. The number of piperidine rings is 1. The summed E-state index contributed by atoms with van der Waals surface area (Å²) in [6.07, 6.45) is 3.76. The van der Waals surface area contributed by atoms with E-state index in [9.17, 15) is 5.11 Å². The van der Waals surface area contributed by atoms with Gasteiger partial charge in [-0.15, -0.1) is 0 Å². The quantitative estimate of drug-likeness (QED) is 0.889. The lowest BCUT2D eigenvalue weighted by Gasteiger charge is -2.33. The highest BCUT2D eigenvalue weighted by molar-refractivity contribution is 5.48. The van der Waals surface area contributed by atoms with Crippen LogP contribution < -0.4 is 4.90 Å². The van der Waals surface area contributed by atoms with Crippen LogP contribution in [0.5, 0.6) is 0 Å². The third kappa shape index (κ3) is 3.00. The number of aromatic nitrogens is 1. The molecule has 4 heteroatoms. The standard InChI is InChI=1S/C14H22N2O2/c1-3-18-12-6-9-16(10-7-12)14-13(11(2)17)5-4-8-15-14/h4-5,8,11-12,17H,3,6-7,9-10H2,1-2H3. The zero-order valence-corrected chi connectivity index (χ0v) is 11.2. The molecule has 0 amide bonds. The van der Waals surface area contributed by atoms with Crippen molar-refractivity contribution in [1.29, 1.82) is 0 Å². The molecule has 1 saturated heterocycles. The minimum Gasteiger partial charge on any atom is -0.389 e. The molecule has 1 aromatic rings. The van der Waals surface area contributed by atoms with E-state index in [1.807, 2.05) is 19.1 Å². The van der Waals surface area contributed by atoms with Crippen LogP contribution in [0.4, 0.5) is 5.82 Å². The Bertz CT molecular complexity index is 374. The zero-order valence-electron chi connectivity index (χ0n) is 11.2. The number of pyridine rings is 1. The molecule has 18 heavy (non-hydrogen) atoms. The van der Waals surface area contributed by atoms with E-state index in [-0.39, 0.29) is 0 Å². The normalized spacial score (nSPS) is 18.9. The second-order valence-electron chi connectivity index (χ2n) is 4.73. The van der Waals surface area contributed by atoms with E-state index < -0.39 is 6.10 Å². The Hall–Kier alpha value is -1.13. The van der Waals surface area contributed by atoms with E-state index in [1.54, 1.807) is 13.1 Å². The van der Waals surface area contributed by atoms with Crippen LogP contribution in [0.1, 0.15) is 38.4 Å². The topological polar surface area (TPSA) is 45.6 Å². The van der Waals surface area contributed by atoms with Gasteiger partial charge in [0.1, 0.15) is 5.82 Å². The molecule has 1 aliphatic heterocycles. The van der Waals surface area contributed by atoms with Gasteiger partial charge in [-0.05, 0) is 32.8 Å². The summed E-state index contributed by atoms with van der Waals surface area (Å²) in [7, 11) is 0. The molecule has 1 unspecified atom stereocenters. The number of aliphatic hydroxyl groups is 1. The summed E-state index contributed by atoms with van der Waals surface area (Å²) in [4.78, 5) is 6.67. The summed E-state index contributed by atoms with van der Waals surface area (Å²) in [5, 5.41) is 9.78. The van der Waals surface area contributed by atoms with Crippen LogP contribution in [-0.4, -0.2) is 35.9 Å². The molecule has 2 heterocycles. The van der Waals surface area contributed by atoms with Gasteiger partial charge < -0.3 is 14.7 Å². The molecular formula is C14H22N2O2. The van der Waals surface area contributed by atoms with Crippen LogP contribution in [0.3, 0.4) is 0 Å². The van der Waals surface area contributed by atoms with Crippen LogP contribution in [0.25, 0.3) is 0 Å². The fourth-order valence-corrected chi connectivity index (χ4v) is 2.47. The minimum atomic E-state index is -0.474. The molecule has 1 aliphatic rings. The number of hydrogen-bond donors (Lipinski definition) is 1. The highest BCUT2D eigenvalue weighted by atomic mass is 16.5. The minimum absolute atomic E-state index is 0.380. The van der Waals surface area contributed by atoms with Crippen molar-refractivity contribution in [1.82, 2.24) is 4.98 Å². The first-order valence-corrected chi connectivity index (χ1v) is 6.72. The van der Waals surface area contributed by atoms with Crippen molar-refractivity contribution in [2.24, 2.45) is 0 Å². The maximum atomic E-state index is 9.78. The molecular weight excluding hydrogens is 228 g/mol. The van der Waals surface area contributed by atoms with Gasteiger partial charge in [0.15, 0.2) is 0 Å². The molecule has 2 rings (SSSR count). The van der Waals surface area contributed by atoms with Crippen LogP contribution in [0.2, 0.25) is 0 Å². The largest absolute Gasteiger partial charge is 0.389 e. The molecule has 1 N–H and O–H groups in total. The van der Waals surface area contributed by atoms with Gasteiger partial charge in [0.25, 0.3) is 0 Å². The molecule has 0 radical (unpaired) electrons. The summed E-state index contributed by atoms with van der Waals surface area (Å²) in [6, 6.07) is 3.82. The van der Waals surface area contributed by atoms with Crippen LogP contribution in [-0.2, 0) is 4.74 Å². The molecule has 0 bridgehead atoms. The fourth-order valence-electron chi connectivity index (χ4n) is 2.47. The highest BCUT2D eigenvalue weighted by Gasteiger charge is 2.22. The van der Waals surface area contributed by atoms with Gasteiger partial charge in [0.05, 0.1) is 12.2 Å². The van der Waals surface area contributed by atoms with Crippen LogP contribution in [0.15, 0.2) is 18.3 Å². The Labute approximate surface area is 109 Å². The Morgan fingerprint density at radius 2 is 2.22 bits per heavy atom. The van der Waals surface area contributed by atoms with Crippen molar-refractivity contribution in [3.05, 3.63) is 23.9 Å². The lowest BCUT2D eigenvalue weighted by molar-refractivity contribution is 0.0457. The summed E-state index contributed by atoms with van der Waals surface area (Å²) in [5.41, 5.74) is 0.910. The number of hydrogen-bond acceptors (Lipinski definition) is 4. The van der Waals surface area contributed by atoms with Gasteiger partial charge >= 0.3 is 0 Å². The molecule has 100 valence electrons. The van der Waals surface area contributed by atoms with Crippen molar-refractivity contribution in [2.45, 2.75) is 38.9 Å². The van der Waals surface area contributed by atoms with Crippen molar-refractivity contribution in [2.75, 3.05) is 24.6 Å². The average molecular weight is 250 g/mol. The second kappa shape index (κ2) is 6.16. The Balaban J connectivity index is 2.05. The number of anilines is 1. The first kappa shape index (κ1) is 13.3. The highest BCUT2D eigenvalue weighted by Crippen LogP contribution is 2.26. The fraction of sp³-hybridized carbons (Fsp3) is 0.643. The van der Waals surface area contributed by atoms with Gasteiger partial charge in [-0.3, -0.25) is 0 Å². The van der Waals surface area contributed by atoms with E-state index in [0.717, 1.165) is 43.9 Å². The van der Waals surface area contributed by atoms with E-state index in [2.05, 4.69) is 9.88 Å². The van der Waals surface area contributed by atoms with Gasteiger partial charge in [-0.25, -0.2) is 4.98 Å². The van der Waals surface area contributed by atoms with Crippen molar-refractivity contribution in [3.63, 3.8) is 0 Å². The molecule has 0 saturated carbocycles. The monoisotopic (exact) mass is 250 g/mol. The lowest BCUT2D eigenvalue weighted by atomic mass is 10.1. The van der Waals surface area contributed by atoms with Gasteiger partial charge in [-0.1, -0.05) is 6.07 Å². The number of rotatable bonds is 4. The van der Waals surface area contributed by atoms with Crippen molar-refractivity contribution >= 4 is 5.82 Å². The Morgan fingerprint density at radius 1 is 1.50 bits per heavy atom. The maximum Gasteiger partial charge on any atom is 0.134 e. The predicted octanol–water partition coefficient (Wildman–Crippen LogP) is 2.14. The predicted molar refractivity (Wildman–Crippen MR) is 71.7 cm³/mol. The Morgan fingerprint density at radius 3 is 2.83 bits per heavy atom. The number of aliphatic hydroxyl groups excluding tert-OH is 1. The molecule has 1 aromatic heterocycles. The Kier molecular flexibility index (Phi) is 4.55. The molecule has 1 atom stereocenters. The second-order valence-corrected chi connectivity index (χ2v) is 4.73. The van der Waals surface area contributed by atoms with E-state index in [1.165, 1.54) is 0 Å². The van der Waals surface area contributed by atoms with E-state index in [4.69, 9.17) is 4.74 Å². The molecule has 4 nitrogen and oxygen atoms in total. The zero-order chi connectivity index (χ0) is 13.0. The first-order chi connectivity index (χ1) is 8.72. The van der Waals surface area contributed by atoms with Gasteiger partial charge in [0, 0.05) is 31.5 Å². The van der Waals surface area contributed by atoms with Crippen LogP contribution in [0, 0.1) is 0 Å². The summed E-state index contributed by atoms with van der Waals surface area (Å²) in [5.74, 6) is 0.919. The van der Waals surface area contributed by atoms with Gasteiger partial charge in [0.2, 0.25) is 0 Å². The van der Waals surface area contributed by atoms with E-state index >= 15 is 0 Å². The maximum absolute atomic E-state index is 9.78. The molecule has 0 aliphatic carbocycles. The van der Waals surface area contributed by atoms with Crippen LogP contribution >= 0.6 is 0 Å². The lowest BCUT2D eigenvalue weighted by Crippen LogP contribution is -2.38. The third-order valence-electron chi connectivity index (χ3n) is 3.41. The SMILES string of the molecule is CCOC1CCN(c2ncccc2C(C)O)CC1. The van der Waals surface area contributed by atoms with Crippen molar-refractivity contribution < 1.29 is 9.84 Å². The smallest absolute Gasteiger partial charge is 0.134 e. The number of ether oxygens (including phenoxy) is 1. The summed E-state index contributed by atoms with van der Waals surface area (Å²) in [6.45, 7) is 6.50. The summed E-state index contributed by atoms with van der Waals surface area (Å²) >= 11 is 0. The first-order valence-electron chi connectivity index (χ1n) is 6.72. The summed E-state index contributed by atoms with van der Waals surface area (Å²) < 4.78 is 5.65. The molecule has 1 fully saturated rings. The van der Waals surface area contributed by atoms with Crippen molar-refractivity contribution in [3.8, 4) is 0 Å². The third-order valence-corrected chi connectivity index (χ3v) is 3.41.